The molecule has 7 heteroatoms. The SMILES string of the molecule is CONc1ccc2c(c1)NC(C1(C(F)(F)F)CC1)N2. The normalized spacial score (nSPS) is 23.3. The Hall–Kier alpha value is -1.63. The Kier molecular flexibility index (Phi) is 2.57. The molecule has 0 amide bonds. The van der Waals surface area contributed by atoms with E-state index in [4.69, 9.17) is 4.84 Å². The number of nitrogens with one attached hydrogen (secondary N) is 3. The van der Waals surface area contributed by atoms with Gasteiger partial charge in [0.15, 0.2) is 0 Å². The van der Waals surface area contributed by atoms with Crippen LogP contribution in [0.5, 0.6) is 0 Å². The molecule has 0 saturated heterocycles. The fourth-order valence-corrected chi connectivity index (χ4v) is 2.46. The van der Waals surface area contributed by atoms with Gasteiger partial charge >= 0.3 is 6.18 Å². The molecule has 1 aliphatic heterocycles. The molecule has 1 fully saturated rings. The van der Waals surface area contributed by atoms with Crippen LogP contribution >= 0.6 is 0 Å². The number of rotatable bonds is 3. The molecule has 1 aromatic rings. The van der Waals surface area contributed by atoms with E-state index in [0.29, 0.717) is 17.1 Å². The molecule has 0 spiro atoms. The Bertz CT molecular complexity index is 499. The van der Waals surface area contributed by atoms with Gasteiger partial charge in [0.2, 0.25) is 0 Å². The first kappa shape index (κ1) is 12.4. The largest absolute Gasteiger partial charge is 0.398 e. The molecule has 2 aliphatic rings. The minimum absolute atomic E-state index is 0.165. The third-order valence-electron chi connectivity index (χ3n) is 3.74. The summed E-state index contributed by atoms with van der Waals surface area (Å²) in [4.78, 5) is 4.77. The number of alkyl halides is 3. The molecule has 3 N–H and O–H groups in total. The van der Waals surface area contributed by atoms with E-state index in [1.54, 1.807) is 18.2 Å². The van der Waals surface area contributed by atoms with Crippen molar-refractivity contribution >= 4 is 17.1 Å². The number of benzene rings is 1. The van der Waals surface area contributed by atoms with Gasteiger partial charge in [0, 0.05) is 0 Å². The topological polar surface area (TPSA) is 45.3 Å². The van der Waals surface area contributed by atoms with Crippen molar-refractivity contribution in [2.24, 2.45) is 5.41 Å². The van der Waals surface area contributed by atoms with Crippen LogP contribution in [0.2, 0.25) is 0 Å². The molecule has 3 rings (SSSR count). The second-order valence-corrected chi connectivity index (χ2v) is 4.94. The van der Waals surface area contributed by atoms with Crippen molar-refractivity contribution in [2.75, 3.05) is 23.2 Å². The molecular formula is C12H14F3N3O. The summed E-state index contributed by atoms with van der Waals surface area (Å²) < 4.78 is 39.2. The maximum atomic E-state index is 13.1. The highest BCUT2D eigenvalue weighted by molar-refractivity contribution is 5.78. The first-order valence-corrected chi connectivity index (χ1v) is 5.99. The van der Waals surface area contributed by atoms with E-state index in [9.17, 15) is 13.2 Å². The lowest BCUT2D eigenvalue weighted by Crippen LogP contribution is -2.43. The van der Waals surface area contributed by atoms with E-state index in [1.807, 2.05) is 0 Å². The van der Waals surface area contributed by atoms with E-state index in [-0.39, 0.29) is 12.8 Å². The summed E-state index contributed by atoms with van der Waals surface area (Å²) in [6.07, 6.45) is -4.65. The molecule has 1 saturated carbocycles. The highest BCUT2D eigenvalue weighted by Gasteiger charge is 2.68. The van der Waals surface area contributed by atoms with Gasteiger partial charge < -0.3 is 10.6 Å². The molecule has 0 aromatic heterocycles. The van der Waals surface area contributed by atoms with Crippen LogP contribution in [-0.4, -0.2) is 19.5 Å². The van der Waals surface area contributed by atoms with Gasteiger partial charge in [-0.2, -0.15) is 13.2 Å². The summed E-state index contributed by atoms with van der Waals surface area (Å²) in [5.74, 6) is 0. The molecule has 4 nitrogen and oxygen atoms in total. The average Bonchev–Trinajstić information content (AvgIpc) is 3.05. The van der Waals surface area contributed by atoms with E-state index >= 15 is 0 Å². The van der Waals surface area contributed by atoms with Crippen LogP contribution in [0.25, 0.3) is 0 Å². The predicted molar refractivity (Wildman–Crippen MR) is 65.8 cm³/mol. The Morgan fingerprint density at radius 3 is 2.53 bits per heavy atom. The lowest BCUT2D eigenvalue weighted by Gasteiger charge is -2.26. The van der Waals surface area contributed by atoms with E-state index in [0.717, 1.165) is 0 Å². The average molecular weight is 273 g/mol. The van der Waals surface area contributed by atoms with Crippen molar-refractivity contribution < 1.29 is 18.0 Å². The summed E-state index contributed by atoms with van der Waals surface area (Å²) >= 11 is 0. The summed E-state index contributed by atoms with van der Waals surface area (Å²) in [6, 6.07) is 5.20. The lowest BCUT2D eigenvalue weighted by molar-refractivity contribution is -0.189. The quantitative estimate of drug-likeness (QED) is 0.740. The zero-order valence-electron chi connectivity index (χ0n) is 10.3. The number of hydrogen-bond donors (Lipinski definition) is 3. The molecule has 0 radical (unpaired) electrons. The maximum absolute atomic E-state index is 13.1. The molecule has 1 atom stereocenters. The summed E-state index contributed by atoms with van der Waals surface area (Å²) in [5, 5.41) is 5.83. The van der Waals surface area contributed by atoms with E-state index < -0.39 is 17.8 Å². The molecule has 19 heavy (non-hydrogen) atoms. The van der Waals surface area contributed by atoms with Crippen molar-refractivity contribution in [3.8, 4) is 0 Å². The maximum Gasteiger partial charge on any atom is 0.398 e. The van der Waals surface area contributed by atoms with Gasteiger partial charge in [-0.3, -0.25) is 10.3 Å². The van der Waals surface area contributed by atoms with Crippen LogP contribution in [0.4, 0.5) is 30.2 Å². The second kappa shape index (κ2) is 3.93. The number of hydrogen-bond acceptors (Lipinski definition) is 4. The number of fused-ring (bicyclic) bond motifs is 1. The summed E-state index contributed by atoms with van der Waals surface area (Å²) in [5.41, 5.74) is 3.03. The molecule has 104 valence electrons. The van der Waals surface area contributed by atoms with Crippen LogP contribution in [0, 0.1) is 5.41 Å². The third-order valence-corrected chi connectivity index (χ3v) is 3.74. The number of halogens is 3. The van der Waals surface area contributed by atoms with E-state index in [2.05, 4.69) is 16.1 Å². The highest BCUT2D eigenvalue weighted by atomic mass is 19.4. The van der Waals surface area contributed by atoms with Crippen LogP contribution < -0.4 is 16.1 Å². The zero-order chi connectivity index (χ0) is 13.7. The second-order valence-electron chi connectivity index (χ2n) is 4.94. The fourth-order valence-electron chi connectivity index (χ4n) is 2.46. The first-order valence-electron chi connectivity index (χ1n) is 5.99. The Morgan fingerprint density at radius 1 is 1.26 bits per heavy atom. The monoisotopic (exact) mass is 273 g/mol. The van der Waals surface area contributed by atoms with Crippen LogP contribution in [0.1, 0.15) is 12.8 Å². The minimum Gasteiger partial charge on any atom is -0.363 e. The van der Waals surface area contributed by atoms with Crippen molar-refractivity contribution in [2.45, 2.75) is 25.2 Å². The molecule has 1 unspecified atom stereocenters. The van der Waals surface area contributed by atoms with Crippen molar-refractivity contribution in [3.63, 3.8) is 0 Å². The summed E-state index contributed by atoms with van der Waals surface area (Å²) in [6.45, 7) is 0. The minimum atomic E-state index is -4.19. The summed E-state index contributed by atoms with van der Waals surface area (Å²) in [7, 11) is 1.48. The molecular weight excluding hydrogens is 259 g/mol. The van der Waals surface area contributed by atoms with Gasteiger partial charge in [-0.05, 0) is 31.0 Å². The van der Waals surface area contributed by atoms with Crippen LogP contribution in [0.3, 0.4) is 0 Å². The van der Waals surface area contributed by atoms with Crippen LogP contribution in [0.15, 0.2) is 18.2 Å². The zero-order valence-corrected chi connectivity index (χ0v) is 10.3. The molecule has 1 heterocycles. The van der Waals surface area contributed by atoms with Crippen molar-refractivity contribution in [3.05, 3.63) is 18.2 Å². The Morgan fingerprint density at radius 2 is 1.95 bits per heavy atom. The van der Waals surface area contributed by atoms with Gasteiger partial charge in [-0.1, -0.05) is 0 Å². The van der Waals surface area contributed by atoms with Gasteiger partial charge in [0.1, 0.15) is 11.6 Å². The Labute approximate surface area is 108 Å². The highest BCUT2D eigenvalue weighted by Crippen LogP contribution is 2.61. The third kappa shape index (κ3) is 1.88. The predicted octanol–water partition coefficient (Wildman–Crippen LogP) is 3.17. The van der Waals surface area contributed by atoms with Crippen LogP contribution in [-0.2, 0) is 4.84 Å². The lowest BCUT2D eigenvalue weighted by atomic mass is 10.0. The van der Waals surface area contributed by atoms with Gasteiger partial charge in [-0.15, -0.1) is 0 Å². The fraction of sp³-hybridized carbons (Fsp3) is 0.500. The van der Waals surface area contributed by atoms with Gasteiger partial charge in [-0.25, -0.2) is 0 Å². The molecule has 1 aromatic carbocycles. The Balaban J connectivity index is 1.81. The first-order chi connectivity index (χ1) is 8.96. The smallest absolute Gasteiger partial charge is 0.363 e. The standard InChI is InChI=1S/C12H14F3N3O/c1-19-18-7-2-3-8-9(6-7)17-10(16-8)11(4-5-11)12(13,14)15/h2-3,6,10,16-18H,4-5H2,1H3. The van der Waals surface area contributed by atoms with Gasteiger partial charge in [0.25, 0.3) is 0 Å². The number of anilines is 3. The molecule has 1 aliphatic carbocycles. The van der Waals surface area contributed by atoms with Crippen molar-refractivity contribution in [1.29, 1.82) is 0 Å². The van der Waals surface area contributed by atoms with Gasteiger partial charge in [0.05, 0.1) is 24.2 Å². The molecule has 0 bridgehead atoms. The van der Waals surface area contributed by atoms with E-state index in [1.165, 1.54) is 7.11 Å². The van der Waals surface area contributed by atoms with Crippen molar-refractivity contribution in [1.82, 2.24) is 0 Å².